The first kappa shape index (κ1) is 15.0. The Kier molecular flexibility index (Phi) is 3.66. The summed E-state index contributed by atoms with van der Waals surface area (Å²) in [4.78, 5) is 21.7. The highest BCUT2D eigenvalue weighted by Crippen LogP contribution is 2.30. The maximum atomic E-state index is 12.3. The molecule has 0 radical (unpaired) electrons. The first-order valence-corrected chi connectivity index (χ1v) is 8.99. The van der Waals surface area contributed by atoms with Gasteiger partial charge in [0.05, 0.1) is 10.7 Å². The smallest absolute Gasteiger partial charge is 0.269 e. The zero-order valence-corrected chi connectivity index (χ0v) is 14.6. The van der Waals surface area contributed by atoms with Crippen molar-refractivity contribution in [1.82, 2.24) is 9.97 Å². The van der Waals surface area contributed by atoms with Gasteiger partial charge in [-0.3, -0.25) is 10.1 Å². The van der Waals surface area contributed by atoms with Crippen LogP contribution in [0, 0.1) is 13.8 Å². The highest BCUT2D eigenvalue weighted by molar-refractivity contribution is 7.15. The fourth-order valence-electron chi connectivity index (χ4n) is 2.45. The number of para-hydroxylation sites is 1. The lowest BCUT2D eigenvalue weighted by molar-refractivity contribution is 0.103. The molecule has 0 aliphatic carbocycles. The molecule has 7 heteroatoms. The number of anilines is 1. The van der Waals surface area contributed by atoms with E-state index in [1.165, 1.54) is 22.7 Å². The molecule has 0 spiro atoms. The predicted molar refractivity (Wildman–Crippen MR) is 96.9 cm³/mol. The van der Waals surface area contributed by atoms with Crippen LogP contribution in [0.5, 0.6) is 0 Å². The fourth-order valence-corrected chi connectivity index (χ4v) is 3.96. The lowest BCUT2D eigenvalue weighted by Gasteiger charge is -1.98. The van der Waals surface area contributed by atoms with Crippen molar-refractivity contribution in [3.05, 3.63) is 51.3 Å². The molecule has 24 heavy (non-hydrogen) atoms. The molecule has 4 rings (SSSR count). The lowest BCUT2D eigenvalue weighted by atomic mass is 10.2. The SMILES string of the molecule is Cc1nc(C)c(C(=O)Nc2nc(-c3cc4ccccc4o3)cs2)s1. The summed E-state index contributed by atoms with van der Waals surface area (Å²) in [6.07, 6.45) is 0. The molecule has 1 aromatic carbocycles. The van der Waals surface area contributed by atoms with E-state index in [1.807, 2.05) is 49.6 Å². The number of aryl methyl sites for hydroxylation is 2. The number of nitrogens with one attached hydrogen (secondary N) is 1. The van der Waals surface area contributed by atoms with Gasteiger partial charge in [-0.2, -0.15) is 0 Å². The number of amides is 1. The number of fused-ring (bicyclic) bond motifs is 1. The quantitative estimate of drug-likeness (QED) is 0.568. The monoisotopic (exact) mass is 355 g/mol. The van der Waals surface area contributed by atoms with Gasteiger partial charge < -0.3 is 4.42 Å². The molecule has 0 aliphatic heterocycles. The third-order valence-electron chi connectivity index (χ3n) is 3.51. The number of benzene rings is 1. The second kappa shape index (κ2) is 5.85. The topological polar surface area (TPSA) is 68.0 Å². The van der Waals surface area contributed by atoms with Crippen LogP contribution in [-0.4, -0.2) is 15.9 Å². The summed E-state index contributed by atoms with van der Waals surface area (Å²) < 4.78 is 5.80. The maximum absolute atomic E-state index is 12.3. The molecule has 120 valence electrons. The molecule has 5 nitrogen and oxygen atoms in total. The molecule has 1 N–H and O–H groups in total. The van der Waals surface area contributed by atoms with Crippen molar-refractivity contribution in [3.8, 4) is 11.5 Å². The Morgan fingerprint density at radius 2 is 2.04 bits per heavy atom. The van der Waals surface area contributed by atoms with E-state index in [4.69, 9.17) is 4.42 Å². The van der Waals surface area contributed by atoms with Crippen molar-refractivity contribution < 1.29 is 9.21 Å². The third kappa shape index (κ3) is 2.72. The van der Waals surface area contributed by atoms with Crippen LogP contribution in [0.25, 0.3) is 22.4 Å². The average molecular weight is 355 g/mol. The Bertz CT molecular complexity index is 1010. The van der Waals surface area contributed by atoms with E-state index in [-0.39, 0.29) is 5.91 Å². The summed E-state index contributed by atoms with van der Waals surface area (Å²) in [7, 11) is 0. The Labute approximate surface area is 146 Å². The summed E-state index contributed by atoms with van der Waals surface area (Å²) in [5.74, 6) is 0.515. The molecule has 0 saturated carbocycles. The largest absolute Gasteiger partial charge is 0.454 e. The molecule has 3 heterocycles. The zero-order valence-electron chi connectivity index (χ0n) is 13.0. The summed E-state index contributed by atoms with van der Waals surface area (Å²) in [5, 5.41) is 7.15. The van der Waals surface area contributed by atoms with Crippen LogP contribution in [-0.2, 0) is 0 Å². The van der Waals surface area contributed by atoms with Gasteiger partial charge in [0.1, 0.15) is 16.2 Å². The van der Waals surface area contributed by atoms with Crippen molar-refractivity contribution in [2.75, 3.05) is 5.32 Å². The summed E-state index contributed by atoms with van der Waals surface area (Å²) in [6.45, 7) is 3.72. The number of carbonyl (C=O) groups excluding carboxylic acids is 1. The van der Waals surface area contributed by atoms with Crippen molar-refractivity contribution >= 4 is 44.7 Å². The van der Waals surface area contributed by atoms with Gasteiger partial charge in [-0.15, -0.1) is 22.7 Å². The van der Waals surface area contributed by atoms with Gasteiger partial charge in [0, 0.05) is 10.8 Å². The van der Waals surface area contributed by atoms with Crippen LogP contribution in [0.1, 0.15) is 20.4 Å². The third-order valence-corrected chi connectivity index (χ3v) is 5.34. The van der Waals surface area contributed by atoms with Crippen molar-refractivity contribution in [1.29, 1.82) is 0 Å². The minimum absolute atomic E-state index is 0.177. The Morgan fingerprint density at radius 3 is 2.79 bits per heavy atom. The number of hydrogen-bond acceptors (Lipinski definition) is 6. The lowest BCUT2D eigenvalue weighted by Crippen LogP contribution is -2.11. The van der Waals surface area contributed by atoms with E-state index in [2.05, 4.69) is 15.3 Å². The number of rotatable bonds is 3. The molecule has 4 aromatic rings. The molecular formula is C17H13N3O2S2. The molecule has 0 unspecified atom stereocenters. The van der Waals surface area contributed by atoms with E-state index in [9.17, 15) is 4.79 Å². The number of furan rings is 1. The van der Waals surface area contributed by atoms with Crippen LogP contribution >= 0.6 is 22.7 Å². The summed E-state index contributed by atoms with van der Waals surface area (Å²) >= 11 is 2.75. The molecule has 0 aliphatic rings. The van der Waals surface area contributed by atoms with Gasteiger partial charge in [0.2, 0.25) is 0 Å². The van der Waals surface area contributed by atoms with Gasteiger partial charge in [-0.25, -0.2) is 9.97 Å². The first-order valence-electron chi connectivity index (χ1n) is 7.30. The van der Waals surface area contributed by atoms with Gasteiger partial charge in [-0.1, -0.05) is 18.2 Å². The molecule has 3 aromatic heterocycles. The fraction of sp³-hybridized carbons (Fsp3) is 0.118. The second-order valence-corrected chi connectivity index (χ2v) is 7.35. The van der Waals surface area contributed by atoms with E-state index in [0.29, 0.717) is 21.5 Å². The molecule has 1 amide bonds. The normalized spacial score (nSPS) is 11.1. The molecule has 0 fully saturated rings. The summed E-state index contributed by atoms with van der Waals surface area (Å²) in [5.41, 5.74) is 2.27. The van der Waals surface area contributed by atoms with Gasteiger partial charge >= 0.3 is 0 Å². The Hall–Kier alpha value is -2.51. The number of nitrogens with zero attached hydrogens (tertiary/aromatic N) is 2. The van der Waals surface area contributed by atoms with E-state index < -0.39 is 0 Å². The minimum Gasteiger partial charge on any atom is -0.454 e. The number of carbonyl (C=O) groups is 1. The molecule has 0 bridgehead atoms. The Balaban J connectivity index is 1.58. The number of aromatic nitrogens is 2. The van der Waals surface area contributed by atoms with E-state index in [1.54, 1.807) is 0 Å². The van der Waals surface area contributed by atoms with Crippen molar-refractivity contribution in [2.24, 2.45) is 0 Å². The second-order valence-electron chi connectivity index (χ2n) is 5.29. The van der Waals surface area contributed by atoms with Crippen LogP contribution in [0.2, 0.25) is 0 Å². The highest BCUT2D eigenvalue weighted by atomic mass is 32.1. The molecule has 0 saturated heterocycles. The summed E-state index contributed by atoms with van der Waals surface area (Å²) in [6, 6.07) is 9.76. The van der Waals surface area contributed by atoms with E-state index >= 15 is 0 Å². The highest BCUT2D eigenvalue weighted by Gasteiger charge is 2.16. The van der Waals surface area contributed by atoms with Crippen molar-refractivity contribution in [3.63, 3.8) is 0 Å². The van der Waals surface area contributed by atoms with Crippen molar-refractivity contribution in [2.45, 2.75) is 13.8 Å². The van der Waals surface area contributed by atoms with Gasteiger partial charge in [0.15, 0.2) is 10.9 Å². The predicted octanol–water partition coefficient (Wildman–Crippen LogP) is 4.88. The molecular weight excluding hydrogens is 342 g/mol. The maximum Gasteiger partial charge on any atom is 0.269 e. The van der Waals surface area contributed by atoms with Crippen LogP contribution in [0.4, 0.5) is 5.13 Å². The van der Waals surface area contributed by atoms with Crippen LogP contribution in [0.3, 0.4) is 0 Å². The first-order chi connectivity index (χ1) is 11.6. The number of hydrogen-bond donors (Lipinski definition) is 1. The molecule has 0 atom stereocenters. The standard InChI is InChI=1S/C17H13N3O2S2/c1-9-15(24-10(2)18-9)16(21)20-17-19-12(8-23-17)14-7-11-5-3-4-6-13(11)22-14/h3-8H,1-2H3,(H,19,20,21). The average Bonchev–Trinajstić information content (AvgIpc) is 3.24. The van der Waals surface area contributed by atoms with Crippen LogP contribution < -0.4 is 5.32 Å². The van der Waals surface area contributed by atoms with Gasteiger partial charge in [-0.05, 0) is 26.0 Å². The zero-order chi connectivity index (χ0) is 16.7. The van der Waals surface area contributed by atoms with Crippen LogP contribution in [0.15, 0.2) is 40.1 Å². The minimum atomic E-state index is -0.177. The Morgan fingerprint density at radius 1 is 1.21 bits per heavy atom. The number of thiazole rings is 2. The van der Waals surface area contributed by atoms with Gasteiger partial charge in [0.25, 0.3) is 5.91 Å². The van der Waals surface area contributed by atoms with E-state index in [0.717, 1.165) is 21.7 Å².